The van der Waals surface area contributed by atoms with Crippen molar-refractivity contribution in [1.29, 1.82) is 5.26 Å². The fourth-order valence-electron chi connectivity index (χ4n) is 1.30. The van der Waals surface area contributed by atoms with Gasteiger partial charge in [-0.25, -0.2) is 4.98 Å². The molecule has 0 saturated carbocycles. The van der Waals surface area contributed by atoms with E-state index in [0.29, 0.717) is 5.56 Å². The van der Waals surface area contributed by atoms with Gasteiger partial charge in [-0.2, -0.15) is 5.26 Å². The highest BCUT2D eigenvalue weighted by molar-refractivity contribution is 9.10. The summed E-state index contributed by atoms with van der Waals surface area (Å²) in [5, 5.41) is 8.66. The van der Waals surface area contributed by atoms with Crippen molar-refractivity contribution in [2.24, 2.45) is 0 Å². The maximum Gasteiger partial charge on any atom is 0.105 e. The van der Waals surface area contributed by atoms with Crippen molar-refractivity contribution >= 4 is 15.9 Å². The third-order valence-electron chi connectivity index (χ3n) is 2.10. The van der Waals surface area contributed by atoms with Crippen molar-refractivity contribution in [3.8, 4) is 6.07 Å². The second kappa shape index (κ2) is 4.28. The smallest absolute Gasteiger partial charge is 0.105 e. The van der Waals surface area contributed by atoms with Crippen LogP contribution >= 0.6 is 15.9 Å². The summed E-state index contributed by atoms with van der Waals surface area (Å²) in [6.45, 7) is 0.756. The van der Waals surface area contributed by atoms with Crippen LogP contribution in [0.1, 0.15) is 11.1 Å². The SMILES string of the molecule is N#Cc1ccc(Cn2cncc2Br)cc1. The molecule has 1 aromatic carbocycles. The molecule has 74 valence electrons. The Kier molecular flexibility index (Phi) is 2.84. The molecule has 15 heavy (non-hydrogen) atoms. The quantitative estimate of drug-likeness (QED) is 0.834. The summed E-state index contributed by atoms with van der Waals surface area (Å²) >= 11 is 3.40. The third kappa shape index (κ3) is 2.25. The third-order valence-corrected chi connectivity index (χ3v) is 2.76. The molecule has 2 rings (SSSR count). The van der Waals surface area contributed by atoms with Crippen LogP contribution in [0, 0.1) is 11.3 Å². The van der Waals surface area contributed by atoms with Gasteiger partial charge in [-0.3, -0.25) is 0 Å². The van der Waals surface area contributed by atoms with E-state index in [0.717, 1.165) is 16.7 Å². The number of nitrogens with zero attached hydrogens (tertiary/aromatic N) is 3. The summed E-state index contributed by atoms with van der Waals surface area (Å²) in [5.74, 6) is 0. The Morgan fingerprint density at radius 3 is 2.60 bits per heavy atom. The monoisotopic (exact) mass is 261 g/mol. The molecule has 0 aliphatic carbocycles. The Balaban J connectivity index is 2.19. The van der Waals surface area contributed by atoms with Crippen LogP contribution in [0.3, 0.4) is 0 Å². The molecule has 0 spiro atoms. The predicted molar refractivity (Wildman–Crippen MR) is 60.2 cm³/mol. The number of hydrogen-bond acceptors (Lipinski definition) is 2. The van der Waals surface area contributed by atoms with Crippen molar-refractivity contribution in [3.05, 3.63) is 52.5 Å². The second-order valence-electron chi connectivity index (χ2n) is 3.15. The van der Waals surface area contributed by atoms with Gasteiger partial charge in [0, 0.05) is 6.54 Å². The van der Waals surface area contributed by atoms with Crippen molar-refractivity contribution in [2.45, 2.75) is 6.54 Å². The van der Waals surface area contributed by atoms with Crippen LogP contribution in [0.25, 0.3) is 0 Å². The summed E-state index contributed by atoms with van der Waals surface area (Å²) in [7, 11) is 0. The van der Waals surface area contributed by atoms with Gasteiger partial charge < -0.3 is 4.57 Å². The number of aromatic nitrogens is 2. The number of rotatable bonds is 2. The molecule has 0 radical (unpaired) electrons. The lowest BCUT2D eigenvalue weighted by molar-refractivity contribution is 0.780. The van der Waals surface area contributed by atoms with Gasteiger partial charge in [-0.05, 0) is 33.6 Å². The first-order valence-corrected chi connectivity index (χ1v) is 5.23. The molecule has 2 aromatic rings. The van der Waals surface area contributed by atoms with Crippen molar-refractivity contribution in [1.82, 2.24) is 9.55 Å². The van der Waals surface area contributed by atoms with E-state index in [4.69, 9.17) is 5.26 Å². The lowest BCUT2D eigenvalue weighted by Gasteiger charge is -2.03. The molecule has 0 saturated heterocycles. The number of benzene rings is 1. The Morgan fingerprint density at radius 1 is 1.33 bits per heavy atom. The Hall–Kier alpha value is -1.60. The summed E-state index contributed by atoms with van der Waals surface area (Å²) in [6.07, 6.45) is 3.52. The minimum absolute atomic E-state index is 0.684. The molecule has 0 unspecified atom stereocenters. The Morgan fingerprint density at radius 2 is 2.07 bits per heavy atom. The van der Waals surface area contributed by atoms with E-state index in [9.17, 15) is 0 Å². The zero-order valence-corrected chi connectivity index (χ0v) is 9.48. The average molecular weight is 262 g/mol. The van der Waals surface area contributed by atoms with Crippen molar-refractivity contribution < 1.29 is 0 Å². The van der Waals surface area contributed by atoms with Crippen LogP contribution in [0.5, 0.6) is 0 Å². The lowest BCUT2D eigenvalue weighted by atomic mass is 10.1. The highest BCUT2D eigenvalue weighted by Gasteiger charge is 1.99. The van der Waals surface area contributed by atoms with Crippen LogP contribution < -0.4 is 0 Å². The molecule has 1 aromatic heterocycles. The predicted octanol–water partition coefficient (Wildman–Crippen LogP) is 2.57. The van der Waals surface area contributed by atoms with Gasteiger partial charge in [0.1, 0.15) is 4.60 Å². The molecule has 0 atom stereocenters. The maximum atomic E-state index is 8.66. The van der Waals surface area contributed by atoms with E-state index >= 15 is 0 Å². The van der Waals surface area contributed by atoms with Crippen molar-refractivity contribution in [2.75, 3.05) is 0 Å². The van der Waals surface area contributed by atoms with E-state index in [-0.39, 0.29) is 0 Å². The fourth-order valence-corrected chi connectivity index (χ4v) is 1.64. The molecule has 0 fully saturated rings. The average Bonchev–Trinajstić information content (AvgIpc) is 2.66. The van der Waals surface area contributed by atoms with Gasteiger partial charge in [0.2, 0.25) is 0 Å². The molecule has 1 heterocycles. The highest BCUT2D eigenvalue weighted by atomic mass is 79.9. The zero-order chi connectivity index (χ0) is 10.7. The molecule has 3 nitrogen and oxygen atoms in total. The van der Waals surface area contributed by atoms with Gasteiger partial charge in [-0.15, -0.1) is 0 Å². The molecule has 0 bridgehead atoms. The summed E-state index contributed by atoms with van der Waals surface area (Å²) < 4.78 is 2.94. The Bertz CT molecular complexity index is 493. The van der Waals surface area contributed by atoms with Gasteiger partial charge in [0.15, 0.2) is 0 Å². The Labute approximate surface area is 96.1 Å². The van der Waals surface area contributed by atoms with E-state index in [1.165, 1.54) is 0 Å². The van der Waals surface area contributed by atoms with E-state index in [1.54, 1.807) is 12.5 Å². The normalized spacial score (nSPS) is 9.87. The van der Waals surface area contributed by atoms with E-state index in [1.807, 2.05) is 28.8 Å². The lowest BCUT2D eigenvalue weighted by Crippen LogP contribution is -1.97. The van der Waals surface area contributed by atoms with E-state index < -0.39 is 0 Å². The largest absolute Gasteiger partial charge is 0.321 e. The summed E-state index contributed by atoms with van der Waals surface area (Å²) in [5.41, 5.74) is 1.83. The highest BCUT2D eigenvalue weighted by Crippen LogP contribution is 2.11. The second-order valence-corrected chi connectivity index (χ2v) is 3.97. The number of nitriles is 1. The topological polar surface area (TPSA) is 41.6 Å². The van der Waals surface area contributed by atoms with Crippen LogP contribution in [-0.4, -0.2) is 9.55 Å². The number of halogens is 1. The first-order valence-electron chi connectivity index (χ1n) is 4.44. The fraction of sp³-hybridized carbons (Fsp3) is 0.0909. The minimum Gasteiger partial charge on any atom is -0.321 e. The molecule has 4 heteroatoms. The zero-order valence-electron chi connectivity index (χ0n) is 7.89. The maximum absolute atomic E-state index is 8.66. The summed E-state index contributed by atoms with van der Waals surface area (Å²) in [4.78, 5) is 4.02. The van der Waals surface area contributed by atoms with Crippen LogP contribution in [0.4, 0.5) is 0 Å². The molecule has 0 aliphatic heterocycles. The molecule has 0 N–H and O–H groups in total. The molecular formula is C11H8BrN3. The van der Waals surface area contributed by atoms with Crippen molar-refractivity contribution in [3.63, 3.8) is 0 Å². The van der Waals surface area contributed by atoms with Gasteiger partial charge in [0.25, 0.3) is 0 Å². The van der Waals surface area contributed by atoms with Crippen LogP contribution in [-0.2, 0) is 6.54 Å². The van der Waals surface area contributed by atoms with Crippen LogP contribution in [0.2, 0.25) is 0 Å². The minimum atomic E-state index is 0.684. The van der Waals surface area contributed by atoms with Crippen LogP contribution in [0.15, 0.2) is 41.4 Å². The first kappa shape index (κ1) is 9.94. The molecule has 0 amide bonds. The molecular weight excluding hydrogens is 254 g/mol. The first-order chi connectivity index (χ1) is 7.29. The number of hydrogen-bond donors (Lipinski definition) is 0. The number of imidazole rings is 1. The van der Waals surface area contributed by atoms with Gasteiger partial charge in [0.05, 0.1) is 24.2 Å². The van der Waals surface area contributed by atoms with E-state index in [2.05, 4.69) is 27.0 Å². The van der Waals surface area contributed by atoms with Gasteiger partial charge in [-0.1, -0.05) is 12.1 Å². The van der Waals surface area contributed by atoms with Gasteiger partial charge >= 0.3 is 0 Å². The molecule has 0 aliphatic rings. The summed E-state index contributed by atoms with van der Waals surface area (Å²) in [6, 6.07) is 9.63. The standard InChI is InChI=1S/C11H8BrN3/c12-11-6-14-8-15(11)7-10-3-1-9(5-13)2-4-10/h1-4,6,8H,7H2.